The maximum Gasteiger partial charge on any atom is 0.416 e. The minimum Gasteiger partial charge on any atom is -0.508 e. The van der Waals surface area contributed by atoms with Crippen molar-refractivity contribution in [2.24, 2.45) is 16.6 Å². The number of primary amides is 1. The van der Waals surface area contributed by atoms with Crippen LogP contribution in [0.3, 0.4) is 0 Å². The summed E-state index contributed by atoms with van der Waals surface area (Å²) in [6.45, 7) is 6.24. The van der Waals surface area contributed by atoms with Gasteiger partial charge in [-0.05, 0) is 62.8 Å². The zero-order valence-electron chi connectivity index (χ0n) is 27.5. The normalized spacial score (nSPS) is 23.5. The molecule has 1 fully saturated rings. The van der Waals surface area contributed by atoms with E-state index in [1.54, 1.807) is 6.34 Å². The number of amides is 2. The van der Waals surface area contributed by atoms with Crippen molar-refractivity contribution in [3.63, 3.8) is 0 Å². The summed E-state index contributed by atoms with van der Waals surface area (Å²) in [7, 11) is 1.83. The summed E-state index contributed by atoms with van der Waals surface area (Å²) >= 11 is 0. The summed E-state index contributed by atoms with van der Waals surface area (Å²) in [6, 6.07) is 2.76. The number of aliphatic hydroxyl groups excluding tert-OH is 1. The molecule has 1 aliphatic carbocycles. The minimum absolute atomic E-state index is 0.145. The highest BCUT2D eigenvalue weighted by molar-refractivity contribution is 5.94. The first-order valence-electron chi connectivity index (χ1n) is 15.8. The van der Waals surface area contributed by atoms with Gasteiger partial charge in [-0.3, -0.25) is 19.6 Å². The van der Waals surface area contributed by atoms with Gasteiger partial charge in [0, 0.05) is 30.9 Å². The number of aromatic hydroxyl groups is 1. The van der Waals surface area contributed by atoms with E-state index in [2.05, 4.69) is 26.8 Å². The lowest BCUT2D eigenvalue weighted by molar-refractivity contribution is -0.138. The molecule has 2 amide bonds. The number of nitrogens with one attached hydrogen (secondary N) is 3. The number of rotatable bonds is 11. The van der Waals surface area contributed by atoms with Crippen LogP contribution in [-0.2, 0) is 31.8 Å². The monoisotopic (exact) mass is 683 g/mol. The molecular formula is C32H48F3N7O6. The summed E-state index contributed by atoms with van der Waals surface area (Å²) in [5, 5.41) is 28.7. The van der Waals surface area contributed by atoms with Crippen LogP contribution in [0.4, 0.5) is 13.2 Å². The van der Waals surface area contributed by atoms with Crippen molar-refractivity contribution < 1.29 is 42.5 Å². The molecule has 0 aromatic heterocycles. The lowest BCUT2D eigenvalue weighted by Crippen LogP contribution is -2.51. The van der Waals surface area contributed by atoms with E-state index in [0.29, 0.717) is 69.6 Å². The van der Waals surface area contributed by atoms with Gasteiger partial charge in [0.05, 0.1) is 37.8 Å². The van der Waals surface area contributed by atoms with Crippen LogP contribution in [0.25, 0.3) is 0 Å². The van der Waals surface area contributed by atoms with E-state index in [-0.39, 0.29) is 30.5 Å². The van der Waals surface area contributed by atoms with Crippen molar-refractivity contribution in [2.75, 3.05) is 39.9 Å². The van der Waals surface area contributed by atoms with Crippen molar-refractivity contribution in [1.82, 2.24) is 26.0 Å². The smallest absolute Gasteiger partial charge is 0.416 e. The van der Waals surface area contributed by atoms with Gasteiger partial charge in [-0.25, -0.2) is 5.43 Å². The third-order valence-electron chi connectivity index (χ3n) is 8.26. The van der Waals surface area contributed by atoms with E-state index >= 15 is 0 Å². The first-order chi connectivity index (χ1) is 23.0. The first kappa shape index (κ1) is 40.2. The van der Waals surface area contributed by atoms with Crippen LogP contribution in [0.15, 0.2) is 46.2 Å². The summed E-state index contributed by atoms with van der Waals surface area (Å²) in [5.41, 5.74) is 8.49. The molecule has 1 aromatic rings. The van der Waals surface area contributed by atoms with Crippen LogP contribution in [0, 0.1) is 5.92 Å². The van der Waals surface area contributed by atoms with Crippen LogP contribution in [-0.4, -0.2) is 97.7 Å². The molecule has 0 radical (unpaired) electrons. The fourth-order valence-corrected chi connectivity index (χ4v) is 5.74. The number of hydrazine groups is 1. The van der Waals surface area contributed by atoms with E-state index in [0.717, 1.165) is 30.9 Å². The second-order valence-electron chi connectivity index (χ2n) is 11.2. The highest BCUT2D eigenvalue weighted by atomic mass is 19.4. The molecule has 3 atom stereocenters. The van der Waals surface area contributed by atoms with Crippen molar-refractivity contribution in [3.8, 4) is 5.75 Å². The largest absolute Gasteiger partial charge is 0.508 e. The van der Waals surface area contributed by atoms with Crippen LogP contribution in [0.1, 0.15) is 56.6 Å². The summed E-state index contributed by atoms with van der Waals surface area (Å²) < 4.78 is 45.3. The maximum absolute atomic E-state index is 14.5. The molecule has 0 saturated heterocycles. The Hall–Kier alpha value is -3.99. The van der Waals surface area contributed by atoms with E-state index in [9.17, 15) is 28.2 Å². The predicted molar refractivity (Wildman–Crippen MR) is 174 cm³/mol. The Morgan fingerprint density at radius 1 is 1.27 bits per heavy atom. The Kier molecular flexibility index (Phi) is 17.1. The highest BCUT2D eigenvalue weighted by Gasteiger charge is 2.34. The molecule has 4 rings (SSSR count). The molecule has 48 heavy (non-hydrogen) atoms. The number of phenols is 1. The summed E-state index contributed by atoms with van der Waals surface area (Å²) in [4.78, 5) is 37.8. The summed E-state index contributed by atoms with van der Waals surface area (Å²) in [6.07, 6.45) is 2.54. The molecule has 2 aliphatic heterocycles. The lowest BCUT2D eigenvalue weighted by Gasteiger charge is -2.34. The maximum atomic E-state index is 14.5. The first-order valence-corrected chi connectivity index (χ1v) is 15.8. The lowest BCUT2D eigenvalue weighted by atomic mass is 10.0. The van der Waals surface area contributed by atoms with E-state index in [1.165, 1.54) is 11.1 Å². The number of hydrogen-bond acceptors (Lipinski definition) is 11. The third-order valence-corrected chi connectivity index (χ3v) is 8.26. The van der Waals surface area contributed by atoms with Gasteiger partial charge >= 0.3 is 6.18 Å². The van der Waals surface area contributed by atoms with Gasteiger partial charge in [-0.15, -0.1) is 0 Å². The van der Waals surface area contributed by atoms with Crippen molar-refractivity contribution in [2.45, 2.75) is 70.4 Å². The van der Waals surface area contributed by atoms with Gasteiger partial charge in [0.15, 0.2) is 0 Å². The molecular weight excluding hydrogens is 635 g/mol. The van der Waals surface area contributed by atoms with Crippen LogP contribution in [0.5, 0.6) is 5.75 Å². The topological polar surface area (TPSA) is 182 Å². The van der Waals surface area contributed by atoms with Crippen LogP contribution < -0.4 is 21.8 Å². The Balaban J connectivity index is 0.00000151. The Labute approximate surface area is 279 Å². The predicted octanol–water partition coefficient (Wildman–Crippen LogP) is 2.16. The number of allylic oxidation sites excluding steroid dienone is 1. The molecule has 1 aromatic carbocycles. The van der Waals surface area contributed by atoms with Gasteiger partial charge in [0.2, 0.25) is 6.41 Å². The Bertz CT molecular complexity index is 1280. The molecule has 13 nitrogen and oxygen atoms in total. The van der Waals surface area contributed by atoms with Crippen LogP contribution in [0.2, 0.25) is 0 Å². The number of phenolic OH excluding ortho intramolecular Hbond substituents is 1. The average Bonchev–Trinajstić information content (AvgIpc) is 3.51. The molecule has 0 bridgehead atoms. The molecule has 0 spiro atoms. The fourth-order valence-electron chi connectivity index (χ4n) is 5.74. The van der Waals surface area contributed by atoms with Crippen molar-refractivity contribution in [3.05, 3.63) is 52.4 Å². The quantitative estimate of drug-likeness (QED) is 0.149. The number of likely N-dealkylation sites (N-methyl/N-ethyl adjacent to an activating group) is 1. The van der Waals surface area contributed by atoms with Gasteiger partial charge in [-0.2, -0.15) is 13.2 Å². The van der Waals surface area contributed by atoms with Crippen molar-refractivity contribution in [1.29, 1.82) is 0 Å². The fraction of sp³-hybridized carbons (Fsp3) is 0.562. The standard InChI is InChI=1S/C30H43F3N6O4.CH3NO.CH2O/c1-3-24-27(38(14-12-34-2)13-9-20-5-4-6-25(20)40)29(42)39(18-22-7-8-23(17-26(22)41)30(31,32)33)37-28(36-19-35-24)21-10-15-43-16-11-21;2-1-3;1-2/h7-8,10,17,19-20,25,28,34,37,40-41H,3-6,9,11-16,18H2,1-2H3,(H,35,36);1H,(H2,2,3);1H2/b27-24+;;. The number of hydrogen-bond donors (Lipinski definition) is 6. The van der Waals surface area contributed by atoms with E-state index in [1.807, 2.05) is 31.7 Å². The van der Waals surface area contributed by atoms with Crippen molar-refractivity contribution >= 4 is 25.4 Å². The number of alkyl halides is 3. The number of aliphatic imine (C=N–C) groups is 1. The molecule has 2 heterocycles. The number of nitrogens with two attached hydrogens (primary N) is 1. The number of nitrogens with zero attached hydrogens (tertiary/aromatic N) is 3. The minimum atomic E-state index is -4.61. The Morgan fingerprint density at radius 2 is 2.00 bits per heavy atom. The second kappa shape index (κ2) is 20.4. The zero-order chi connectivity index (χ0) is 35.7. The number of halogens is 3. The summed E-state index contributed by atoms with van der Waals surface area (Å²) in [5.74, 6) is -0.821. The molecule has 7 N–H and O–H groups in total. The van der Waals surface area contributed by atoms with Gasteiger partial charge in [0.25, 0.3) is 5.91 Å². The number of carbonyl (C=O) groups is 3. The SMILES string of the molecule is C=O.CC/C1=C(\N(CCNC)CCC2CCCC2O)C(=O)N(Cc2ccc(C(F)(F)F)cc2O)NC(C2=CCOCC2)/N=C/N1.NC=O. The molecule has 1 saturated carbocycles. The third kappa shape index (κ3) is 11.6. The van der Waals surface area contributed by atoms with Gasteiger partial charge in [-0.1, -0.05) is 25.5 Å². The number of ether oxygens (including phenoxy) is 1. The molecule has 3 aliphatic rings. The van der Waals surface area contributed by atoms with Gasteiger partial charge in [0.1, 0.15) is 24.4 Å². The van der Waals surface area contributed by atoms with Crippen LogP contribution >= 0.6 is 0 Å². The van der Waals surface area contributed by atoms with E-state index in [4.69, 9.17) is 14.3 Å². The molecule has 268 valence electrons. The highest BCUT2D eigenvalue weighted by Crippen LogP contribution is 2.34. The Morgan fingerprint density at radius 3 is 2.56 bits per heavy atom. The number of carbonyl (C=O) groups excluding carboxylic acids is 3. The average molecular weight is 684 g/mol. The number of benzene rings is 1. The van der Waals surface area contributed by atoms with Gasteiger partial charge < -0.3 is 41.0 Å². The zero-order valence-corrected chi connectivity index (χ0v) is 27.5. The molecule has 16 heteroatoms. The second-order valence-corrected chi connectivity index (χ2v) is 11.2. The number of aliphatic hydroxyl groups is 1. The van der Waals surface area contributed by atoms with E-state index < -0.39 is 29.6 Å². The molecule has 3 unspecified atom stereocenters.